The smallest absolute Gasteiger partial charge is 0.329 e. The molecule has 1 aromatic rings. The van der Waals surface area contributed by atoms with Gasteiger partial charge in [-0.1, -0.05) is 0 Å². The van der Waals surface area contributed by atoms with Gasteiger partial charge in [0.2, 0.25) is 0 Å². The summed E-state index contributed by atoms with van der Waals surface area (Å²) >= 11 is 0. The largest absolute Gasteiger partial charge is 0.480 e. The normalized spacial score (nSPS) is 19.4. The van der Waals surface area contributed by atoms with Crippen molar-refractivity contribution in [3.63, 3.8) is 0 Å². The van der Waals surface area contributed by atoms with Gasteiger partial charge in [0.25, 0.3) is 0 Å². The van der Waals surface area contributed by atoms with Crippen LogP contribution in [0.2, 0.25) is 0 Å². The molecule has 6 heteroatoms. The minimum atomic E-state index is -1.10. The van der Waals surface area contributed by atoms with Crippen LogP contribution < -0.4 is 0 Å². The van der Waals surface area contributed by atoms with E-state index in [2.05, 4.69) is 4.98 Å². The molecule has 100 valence electrons. The molecule has 0 fully saturated rings. The molecule has 1 aliphatic heterocycles. The van der Waals surface area contributed by atoms with Crippen LogP contribution in [0.1, 0.15) is 24.2 Å². The summed E-state index contributed by atoms with van der Waals surface area (Å²) in [5, 5.41) is 10.6. The van der Waals surface area contributed by atoms with Gasteiger partial charge in [0.05, 0.1) is 5.57 Å². The molecule has 0 aromatic carbocycles. The summed E-state index contributed by atoms with van der Waals surface area (Å²) < 4.78 is 0. The third kappa shape index (κ3) is 2.34. The van der Waals surface area contributed by atoms with Crippen LogP contribution in [0.5, 0.6) is 0 Å². The van der Waals surface area contributed by atoms with Crippen LogP contribution >= 0.6 is 0 Å². The second-order valence-corrected chi connectivity index (χ2v) is 4.10. The van der Waals surface area contributed by atoms with E-state index in [0.717, 1.165) is 0 Å². The van der Waals surface area contributed by atoms with Gasteiger partial charge in [0.1, 0.15) is 5.76 Å². The number of aliphatic carboxylic acids is 1. The van der Waals surface area contributed by atoms with Crippen molar-refractivity contribution < 1.29 is 19.5 Å². The average Bonchev–Trinajstić information content (AvgIpc) is 2.76. The SMILES string of the molecule is CCN1OC(C)=C(C(=O)c2ccncc2)C1C(=O)O. The molecule has 6 nitrogen and oxygen atoms in total. The van der Waals surface area contributed by atoms with E-state index in [1.807, 2.05) is 0 Å². The first-order chi connectivity index (χ1) is 9.06. The van der Waals surface area contributed by atoms with Crippen LogP contribution in [-0.4, -0.2) is 39.5 Å². The van der Waals surface area contributed by atoms with E-state index in [9.17, 15) is 14.7 Å². The molecule has 0 bridgehead atoms. The Kier molecular flexibility index (Phi) is 3.62. The summed E-state index contributed by atoms with van der Waals surface area (Å²) in [6.45, 7) is 3.74. The first-order valence-corrected chi connectivity index (χ1v) is 5.89. The number of likely N-dealkylation sites (N-methyl/N-ethyl adjacent to an activating group) is 1. The Balaban J connectivity index is 2.39. The number of allylic oxidation sites excluding steroid dienone is 1. The maximum Gasteiger partial charge on any atom is 0.329 e. The van der Waals surface area contributed by atoms with Gasteiger partial charge in [-0.25, -0.2) is 0 Å². The lowest BCUT2D eigenvalue weighted by molar-refractivity contribution is -0.160. The summed E-state index contributed by atoms with van der Waals surface area (Å²) in [4.78, 5) is 32.9. The number of Topliss-reactive ketones (excluding diaryl/α,β-unsaturated/α-hetero) is 1. The van der Waals surface area contributed by atoms with Crippen molar-refractivity contribution >= 4 is 11.8 Å². The molecule has 0 saturated carbocycles. The van der Waals surface area contributed by atoms with Gasteiger partial charge in [-0.15, -0.1) is 5.06 Å². The van der Waals surface area contributed by atoms with Gasteiger partial charge in [-0.05, 0) is 26.0 Å². The van der Waals surface area contributed by atoms with Crippen LogP contribution in [-0.2, 0) is 9.63 Å². The number of carboxylic acids is 1. The highest BCUT2D eigenvalue weighted by Crippen LogP contribution is 2.28. The van der Waals surface area contributed by atoms with Crippen molar-refractivity contribution in [3.8, 4) is 0 Å². The molecule has 1 atom stereocenters. The van der Waals surface area contributed by atoms with Crippen LogP contribution in [0.25, 0.3) is 0 Å². The zero-order valence-corrected chi connectivity index (χ0v) is 10.7. The number of carbonyl (C=O) groups is 2. The first kappa shape index (κ1) is 13.2. The lowest BCUT2D eigenvalue weighted by Gasteiger charge is -2.18. The molecule has 2 heterocycles. The van der Waals surface area contributed by atoms with Crippen LogP contribution in [0.3, 0.4) is 0 Å². The highest BCUT2D eigenvalue weighted by Gasteiger charge is 2.41. The number of ketones is 1. The molecule has 1 unspecified atom stereocenters. The lowest BCUT2D eigenvalue weighted by Crippen LogP contribution is -2.39. The van der Waals surface area contributed by atoms with Crippen molar-refractivity contribution in [1.29, 1.82) is 0 Å². The fourth-order valence-electron chi connectivity index (χ4n) is 2.05. The third-order valence-electron chi connectivity index (χ3n) is 2.93. The van der Waals surface area contributed by atoms with E-state index >= 15 is 0 Å². The number of carboxylic acid groups (broad SMARTS) is 1. The number of carbonyl (C=O) groups excluding carboxylic acids is 1. The van der Waals surface area contributed by atoms with Gasteiger partial charge < -0.3 is 9.94 Å². The van der Waals surface area contributed by atoms with E-state index in [0.29, 0.717) is 17.9 Å². The monoisotopic (exact) mass is 262 g/mol. The fourth-order valence-corrected chi connectivity index (χ4v) is 2.05. The van der Waals surface area contributed by atoms with E-state index in [-0.39, 0.29) is 11.4 Å². The van der Waals surface area contributed by atoms with E-state index in [4.69, 9.17) is 4.84 Å². The molecule has 1 N–H and O–H groups in total. The van der Waals surface area contributed by atoms with Crippen molar-refractivity contribution in [2.75, 3.05) is 6.54 Å². The summed E-state index contributed by atoms with van der Waals surface area (Å²) in [5.41, 5.74) is 0.567. The second-order valence-electron chi connectivity index (χ2n) is 4.10. The van der Waals surface area contributed by atoms with Gasteiger partial charge in [0, 0.05) is 24.5 Å². The van der Waals surface area contributed by atoms with Gasteiger partial charge in [-0.2, -0.15) is 0 Å². The van der Waals surface area contributed by atoms with E-state index < -0.39 is 12.0 Å². The molecule has 0 aliphatic carbocycles. The summed E-state index contributed by atoms with van der Waals surface area (Å²) in [6.07, 6.45) is 2.98. The van der Waals surface area contributed by atoms with E-state index in [1.54, 1.807) is 26.0 Å². The predicted molar refractivity (Wildman–Crippen MR) is 66.2 cm³/mol. The van der Waals surface area contributed by atoms with E-state index in [1.165, 1.54) is 17.5 Å². The molecule has 1 aromatic heterocycles. The lowest BCUT2D eigenvalue weighted by atomic mass is 9.97. The van der Waals surface area contributed by atoms with Crippen molar-refractivity contribution in [2.24, 2.45) is 0 Å². The van der Waals surface area contributed by atoms with Crippen molar-refractivity contribution in [2.45, 2.75) is 19.9 Å². The number of hydrogen-bond donors (Lipinski definition) is 1. The Morgan fingerprint density at radius 2 is 2.05 bits per heavy atom. The fraction of sp³-hybridized carbons (Fsp3) is 0.308. The Morgan fingerprint density at radius 3 is 2.58 bits per heavy atom. The molecule has 2 rings (SSSR count). The molecule has 19 heavy (non-hydrogen) atoms. The summed E-state index contributed by atoms with van der Waals surface area (Å²) in [5.74, 6) is -1.12. The maximum absolute atomic E-state index is 12.4. The minimum absolute atomic E-state index is 0.167. The Morgan fingerprint density at radius 1 is 1.42 bits per heavy atom. The van der Waals surface area contributed by atoms with Gasteiger partial charge in [-0.3, -0.25) is 14.6 Å². The molecular formula is C13H14N2O4. The number of nitrogens with zero attached hydrogens (tertiary/aromatic N) is 2. The maximum atomic E-state index is 12.4. The third-order valence-corrected chi connectivity index (χ3v) is 2.93. The Hall–Kier alpha value is -2.21. The Bertz CT molecular complexity index is 539. The minimum Gasteiger partial charge on any atom is -0.480 e. The highest BCUT2D eigenvalue weighted by molar-refractivity contribution is 6.12. The number of pyridine rings is 1. The molecule has 0 saturated heterocycles. The van der Waals surface area contributed by atoms with Gasteiger partial charge in [0.15, 0.2) is 11.8 Å². The summed E-state index contributed by atoms with van der Waals surface area (Å²) in [6, 6.07) is 2.04. The first-order valence-electron chi connectivity index (χ1n) is 5.89. The van der Waals surface area contributed by atoms with Crippen molar-refractivity contribution in [3.05, 3.63) is 41.4 Å². The van der Waals surface area contributed by atoms with Crippen molar-refractivity contribution in [1.82, 2.24) is 10.0 Å². The van der Waals surface area contributed by atoms with Gasteiger partial charge >= 0.3 is 5.97 Å². The highest BCUT2D eigenvalue weighted by atomic mass is 16.7. The number of hydroxylamine groups is 2. The van der Waals surface area contributed by atoms with Crippen LogP contribution in [0.15, 0.2) is 35.9 Å². The number of rotatable bonds is 4. The molecular weight excluding hydrogens is 248 g/mol. The summed E-state index contributed by atoms with van der Waals surface area (Å²) in [7, 11) is 0. The number of aromatic nitrogens is 1. The second kappa shape index (κ2) is 5.19. The predicted octanol–water partition coefficient (Wildman–Crippen LogP) is 1.26. The average molecular weight is 262 g/mol. The van der Waals surface area contributed by atoms with Crippen LogP contribution in [0, 0.1) is 0 Å². The molecule has 0 amide bonds. The molecule has 0 spiro atoms. The molecule has 0 radical (unpaired) electrons. The zero-order chi connectivity index (χ0) is 14.0. The van der Waals surface area contributed by atoms with Crippen LogP contribution in [0.4, 0.5) is 0 Å². The molecule has 1 aliphatic rings. The zero-order valence-electron chi connectivity index (χ0n) is 10.7. The quantitative estimate of drug-likeness (QED) is 0.823. The Labute approximate surface area is 110 Å². The number of hydrogen-bond acceptors (Lipinski definition) is 5. The topological polar surface area (TPSA) is 79.7 Å². The standard InChI is InChI=1S/C13H14N2O4/c1-3-15-11(13(17)18)10(8(2)19-15)12(16)9-4-6-14-7-5-9/h4-7,11H,3H2,1-2H3,(H,17,18).